The van der Waals surface area contributed by atoms with Gasteiger partial charge in [-0.25, -0.2) is 4.98 Å². The van der Waals surface area contributed by atoms with Crippen LogP contribution in [0.3, 0.4) is 0 Å². The van der Waals surface area contributed by atoms with Crippen LogP contribution in [0.1, 0.15) is 32.6 Å². The second-order valence-electron chi connectivity index (χ2n) is 7.57. The Labute approximate surface area is 185 Å². The van der Waals surface area contributed by atoms with E-state index in [2.05, 4.69) is 15.6 Å². The van der Waals surface area contributed by atoms with E-state index >= 15 is 0 Å². The monoisotopic (exact) mass is 429 g/mol. The van der Waals surface area contributed by atoms with E-state index in [1.807, 2.05) is 75.4 Å². The van der Waals surface area contributed by atoms with Crippen molar-refractivity contribution in [3.63, 3.8) is 0 Å². The zero-order valence-corrected chi connectivity index (χ0v) is 18.5. The van der Waals surface area contributed by atoms with Gasteiger partial charge in [-0.2, -0.15) is 0 Å². The lowest BCUT2D eigenvalue weighted by atomic mass is 10.1. The molecule has 0 unspecified atom stereocenters. The largest absolute Gasteiger partial charge is 0.322 e. The number of fused-ring (bicyclic) bond motifs is 1. The fraction of sp³-hybridized carbons (Fsp3) is 0.160. The number of para-hydroxylation sites is 1. The van der Waals surface area contributed by atoms with Gasteiger partial charge in [0, 0.05) is 11.3 Å². The molecule has 2 amide bonds. The minimum atomic E-state index is -0.169. The highest BCUT2D eigenvalue weighted by Gasteiger charge is 2.14. The Morgan fingerprint density at radius 1 is 0.871 bits per heavy atom. The predicted octanol–water partition coefficient (Wildman–Crippen LogP) is 5.66. The molecule has 0 aliphatic heterocycles. The van der Waals surface area contributed by atoms with Crippen LogP contribution in [0.5, 0.6) is 0 Å². The normalized spacial score (nSPS) is 10.8. The SMILES string of the molecule is Cc1ccccc1CC(=O)Nc1nc2ccc(C(=O)Nc3c(C)cccc3C)cc2s1. The average Bonchev–Trinajstić information content (AvgIpc) is 3.13. The van der Waals surface area contributed by atoms with Gasteiger partial charge in [-0.3, -0.25) is 9.59 Å². The molecule has 0 radical (unpaired) electrons. The summed E-state index contributed by atoms with van der Waals surface area (Å²) >= 11 is 1.36. The van der Waals surface area contributed by atoms with Crippen molar-refractivity contribution in [2.24, 2.45) is 0 Å². The standard InChI is InChI=1S/C25H23N3O2S/c1-15-7-4-5-10-18(15)14-22(29)27-25-26-20-12-11-19(13-21(20)31-25)24(30)28-23-16(2)8-6-9-17(23)3/h4-13H,14H2,1-3H3,(H,28,30)(H,26,27,29). The summed E-state index contributed by atoms with van der Waals surface area (Å²) in [6, 6.07) is 19.1. The first-order chi connectivity index (χ1) is 14.9. The van der Waals surface area contributed by atoms with E-state index in [1.54, 1.807) is 6.07 Å². The smallest absolute Gasteiger partial charge is 0.255 e. The van der Waals surface area contributed by atoms with E-state index in [0.29, 0.717) is 17.1 Å². The number of benzene rings is 3. The number of hydrogen-bond donors (Lipinski definition) is 2. The molecule has 1 aromatic heterocycles. The number of hydrogen-bond acceptors (Lipinski definition) is 4. The quantitative estimate of drug-likeness (QED) is 0.430. The molecule has 4 aromatic rings. The third-order valence-electron chi connectivity index (χ3n) is 5.23. The van der Waals surface area contributed by atoms with Crippen LogP contribution in [0, 0.1) is 20.8 Å². The van der Waals surface area contributed by atoms with Crippen LogP contribution in [0.2, 0.25) is 0 Å². The van der Waals surface area contributed by atoms with E-state index in [1.165, 1.54) is 11.3 Å². The van der Waals surface area contributed by atoms with Gasteiger partial charge in [-0.1, -0.05) is 53.8 Å². The molecule has 156 valence electrons. The summed E-state index contributed by atoms with van der Waals surface area (Å²) in [6.45, 7) is 5.94. The van der Waals surface area contributed by atoms with Gasteiger partial charge in [0.2, 0.25) is 5.91 Å². The number of anilines is 2. The number of aromatic nitrogens is 1. The Balaban J connectivity index is 1.49. The number of thiazole rings is 1. The molecule has 0 aliphatic carbocycles. The maximum Gasteiger partial charge on any atom is 0.255 e. The Morgan fingerprint density at radius 2 is 1.58 bits per heavy atom. The van der Waals surface area contributed by atoms with Crippen molar-refractivity contribution in [1.82, 2.24) is 4.98 Å². The van der Waals surface area contributed by atoms with E-state index in [4.69, 9.17) is 0 Å². The molecule has 0 saturated heterocycles. The molecular formula is C25H23N3O2S. The van der Waals surface area contributed by atoms with Crippen LogP contribution in [-0.4, -0.2) is 16.8 Å². The van der Waals surface area contributed by atoms with Gasteiger partial charge in [0.15, 0.2) is 5.13 Å². The van der Waals surface area contributed by atoms with Crippen molar-refractivity contribution in [2.45, 2.75) is 27.2 Å². The first-order valence-corrected chi connectivity index (χ1v) is 10.8. The van der Waals surface area contributed by atoms with Crippen molar-refractivity contribution < 1.29 is 9.59 Å². The Morgan fingerprint density at radius 3 is 2.32 bits per heavy atom. The average molecular weight is 430 g/mol. The first kappa shape index (κ1) is 20.8. The fourth-order valence-electron chi connectivity index (χ4n) is 3.46. The van der Waals surface area contributed by atoms with Gasteiger partial charge in [0.25, 0.3) is 5.91 Å². The maximum absolute atomic E-state index is 12.8. The molecule has 0 saturated carbocycles. The second kappa shape index (κ2) is 8.70. The third kappa shape index (κ3) is 4.64. The topological polar surface area (TPSA) is 71.1 Å². The number of amides is 2. The van der Waals surface area contributed by atoms with Crippen molar-refractivity contribution >= 4 is 44.2 Å². The molecular weight excluding hydrogens is 406 g/mol. The highest BCUT2D eigenvalue weighted by Crippen LogP contribution is 2.28. The van der Waals surface area contributed by atoms with Gasteiger partial charge >= 0.3 is 0 Å². The van der Waals surface area contributed by atoms with Crippen molar-refractivity contribution in [1.29, 1.82) is 0 Å². The summed E-state index contributed by atoms with van der Waals surface area (Å²) in [5, 5.41) is 6.41. The predicted molar refractivity (Wildman–Crippen MR) is 127 cm³/mol. The lowest BCUT2D eigenvalue weighted by Crippen LogP contribution is -2.14. The van der Waals surface area contributed by atoms with Crippen LogP contribution >= 0.6 is 11.3 Å². The van der Waals surface area contributed by atoms with Crippen LogP contribution in [0.15, 0.2) is 60.7 Å². The van der Waals surface area contributed by atoms with Crippen molar-refractivity contribution in [3.8, 4) is 0 Å². The summed E-state index contributed by atoms with van der Waals surface area (Å²) in [5.41, 5.74) is 6.25. The molecule has 6 heteroatoms. The lowest BCUT2D eigenvalue weighted by molar-refractivity contribution is -0.115. The zero-order valence-electron chi connectivity index (χ0n) is 17.7. The Hall–Kier alpha value is -3.51. The summed E-state index contributed by atoms with van der Waals surface area (Å²) in [4.78, 5) is 29.7. The number of nitrogens with zero attached hydrogens (tertiary/aromatic N) is 1. The third-order valence-corrected chi connectivity index (χ3v) is 6.16. The lowest BCUT2D eigenvalue weighted by Gasteiger charge is -2.11. The van der Waals surface area contributed by atoms with Gasteiger partial charge in [0.1, 0.15) is 0 Å². The molecule has 5 nitrogen and oxygen atoms in total. The van der Waals surface area contributed by atoms with Gasteiger partial charge in [0.05, 0.1) is 16.6 Å². The highest BCUT2D eigenvalue weighted by atomic mass is 32.1. The van der Waals surface area contributed by atoms with Crippen LogP contribution in [0.4, 0.5) is 10.8 Å². The summed E-state index contributed by atoms with van der Waals surface area (Å²) < 4.78 is 0.848. The fourth-order valence-corrected chi connectivity index (χ4v) is 4.38. The minimum Gasteiger partial charge on any atom is -0.322 e. The molecule has 31 heavy (non-hydrogen) atoms. The van der Waals surface area contributed by atoms with Crippen LogP contribution in [0.25, 0.3) is 10.2 Å². The number of carbonyl (C=O) groups excluding carboxylic acids is 2. The van der Waals surface area contributed by atoms with Crippen molar-refractivity contribution in [2.75, 3.05) is 10.6 Å². The Kier molecular flexibility index (Phi) is 5.82. The molecule has 0 spiro atoms. The van der Waals surface area contributed by atoms with Gasteiger partial charge in [-0.05, 0) is 61.2 Å². The van der Waals surface area contributed by atoms with E-state index in [-0.39, 0.29) is 11.8 Å². The Bertz CT molecular complexity index is 1270. The van der Waals surface area contributed by atoms with Gasteiger partial charge < -0.3 is 10.6 Å². The van der Waals surface area contributed by atoms with Crippen molar-refractivity contribution in [3.05, 3.63) is 88.5 Å². The molecule has 1 heterocycles. The summed E-state index contributed by atoms with van der Waals surface area (Å²) in [7, 11) is 0. The molecule has 2 N–H and O–H groups in total. The van der Waals surface area contributed by atoms with Crippen LogP contribution in [-0.2, 0) is 11.2 Å². The first-order valence-electron chi connectivity index (χ1n) is 10.0. The van der Waals surface area contributed by atoms with E-state index in [0.717, 1.165) is 38.2 Å². The zero-order chi connectivity index (χ0) is 22.0. The van der Waals surface area contributed by atoms with Gasteiger partial charge in [-0.15, -0.1) is 0 Å². The maximum atomic E-state index is 12.8. The second-order valence-corrected chi connectivity index (χ2v) is 8.60. The minimum absolute atomic E-state index is 0.110. The van der Waals surface area contributed by atoms with E-state index in [9.17, 15) is 9.59 Å². The molecule has 3 aromatic carbocycles. The molecule has 4 rings (SSSR count). The summed E-state index contributed by atoms with van der Waals surface area (Å²) in [5.74, 6) is -0.279. The number of carbonyl (C=O) groups is 2. The summed E-state index contributed by atoms with van der Waals surface area (Å²) in [6.07, 6.45) is 0.298. The van der Waals surface area contributed by atoms with Crippen LogP contribution < -0.4 is 10.6 Å². The molecule has 0 bridgehead atoms. The number of rotatable bonds is 5. The number of nitrogens with one attached hydrogen (secondary N) is 2. The number of aryl methyl sites for hydroxylation is 3. The molecule has 0 atom stereocenters. The molecule has 0 fully saturated rings. The van der Waals surface area contributed by atoms with E-state index < -0.39 is 0 Å². The molecule has 0 aliphatic rings. The highest BCUT2D eigenvalue weighted by molar-refractivity contribution is 7.22.